The first-order valence-corrected chi connectivity index (χ1v) is 9.13. The number of anilines is 1. The highest BCUT2D eigenvalue weighted by atomic mass is 35.5. The van der Waals surface area contributed by atoms with Crippen LogP contribution in [0.4, 0.5) is 5.69 Å². The summed E-state index contributed by atoms with van der Waals surface area (Å²) in [5.74, 6) is 0.274. The molecule has 0 aliphatic heterocycles. The van der Waals surface area contributed by atoms with Crippen molar-refractivity contribution in [2.24, 2.45) is 0 Å². The summed E-state index contributed by atoms with van der Waals surface area (Å²) in [4.78, 5) is 20.9. The maximum Gasteiger partial charge on any atom is 0.276 e. The average molecular weight is 390 g/mol. The molecule has 3 aromatic rings. The van der Waals surface area contributed by atoms with Crippen LogP contribution in [0.1, 0.15) is 16.1 Å². The number of aromatic nitrogens is 2. The van der Waals surface area contributed by atoms with Gasteiger partial charge in [-0.3, -0.25) is 4.79 Å². The Morgan fingerprint density at radius 3 is 2.48 bits per heavy atom. The zero-order valence-electron chi connectivity index (χ0n) is 12.9. The van der Waals surface area contributed by atoms with E-state index in [1.165, 1.54) is 18.0 Å². The van der Waals surface area contributed by atoms with Gasteiger partial charge < -0.3 is 5.32 Å². The Labute approximate surface area is 159 Å². The van der Waals surface area contributed by atoms with Crippen molar-refractivity contribution in [1.82, 2.24) is 9.97 Å². The number of hydrogen-bond acceptors (Lipinski definition) is 4. The molecule has 0 saturated carbocycles. The molecule has 0 bridgehead atoms. The van der Waals surface area contributed by atoms with Crippen molar-refractivity contribution < 1.29 is 4.79 Å². The van der Waals surface area contributed by atoms with Crippen LogP contribution in [-0.4, -0.2) is 15.9 Å². The second kappa shape index (κ2) is 8.34. The molecule has 1 N–H and O–H groups in total. The number of nitrogens with one attached hydrogen (secondary N) is 1. The van der Waals surface area contributed by atoms with Crippen molar-refractivity contribution in [1.29, 1.82) is 0 Å². The Kier molecular flexibility index (Phi) is 5.91. The van der Waals surface area contributed by atoms with Crippen molar-refractivity contribution in [3.63, 3.8) is 0 Å². The van der Waals surface area contributed by atoms with E-state index in [1.54, 1.807) is 24.3 Å². The summed E-state index contributed by atoms with van der Waals surface area (Å²) in [6.07, 6.45) is 1.43. The first kappa shape index (κ1) is 17.7. The van der Waals surface area contributed by atoms with E-state index in [4.69, 9.17) is 23.2 Å². The summed E-state index contributed by atoms with van der Waals surface area (Å²) in [6, 6.07) is 16.9. The van der Waals surface area contributed by atoms with Gasteiger partial charge in [-0.1, -0.05) is 77.4 Å². The van der Waals surface area contributed by atoms with Gasteiger partial charge in [0.1, 0.15) is 0 Å². The van der Waals surface area contributed by atoms with Crippen molar-refractivity contribution in [2.45, 2.75) is 10.9 Å². The van der Waals surface area contributed by atoms with Gasteiger partial charge in [0, 0.05) is 5.75 Å². The maximum absolute atomic E-state index is 12.5. The standard InChI is InChI=1S/C18H13Cl2N3OS/c19-13-8-4-5-9-15(13)22-17(24)16-14(20)10-21-18(23-16)25-11-12-6-2-1-3-7-12/h1-10H,11H2,(H,22,24). The maximum atomic E-state index is 12.5. The van der Waals surface area contributed by atoms with Crippen molar-refractivity contribution >= 4 is 46.6 Å². The van der Waals surface area contributed by atoms with Crippen LogP contribution in [-0.2, 0) is 5.75 Å². The third-order valence-electron chi connectivity index (χ3n) is 3.27. The van der Waals surface area contributed by atoms with E-state index >= 15 is 0 Å². The topological polar surface area (TPSA) is 54.9 Å². The van der Waals surface area contributed by atoms with Gasteiger partial charge in [0.05, 0.1) is 21.9 Å². The highest BCUT2D eigenvalue weighted by Crippen LogP contribution is 2.24. The number of halogens is 2. The van der Waals surface area contributed by atoms with E-state index in [9.17, 15) is 4.79 Å². The fourth-order valence-electron chi connectivity index (χ4n) is 2.05. The monoisotopic (exact) mass is 389 g/mol. The molecule has 25 heavy (non-hydrogen) atoms. The molecule has 0 radical (unpaired) electrons. The Balaban J connectivity index is 1.75. The Bertz CT molecular complexity index is 890. The van der Waals surface area contributed by atoms with Gasteiger partial charge >= 0.3 is 0 Å². The molecule has 0 aliphatic carbocycles. The zero-order chi connectivity index (χ0) is 17.6. The molecule has 126 valence electrons. The molecule has 0 unspecified atom stereocenters. The highest BCUT2D eigenvalue weighted by molar-refractivity contribution is 7.98. The van der Waals surface area contributed by atoms with E-state index in [0.29, 0.717) is 21.6 Å². The first-order chi connectivity index (χ1) is 12.1. The smallest absolute Gasteiger partial charge is 0.276 e. The van der Waals surface area contributed by atoms with Crippen molar-refractivity contribution in [3.05, 3.63) is 82.1 Å². The fraction of sp³-hybridized carbons (Fsp3) is 0.0556. The van der Waals surface area contributed by atoms with Crippen LogP contribution in [0, 0.1) is 0 Å². The molecule has 2 aromatic carbocycles. The third kappa shape index (κ3) is 4.72. The summed E-state index contributed by atoms with van der Waals surface area (Å²) >= 11 is 13.6. The number of rotatable bonds is 5. The van der Waals surface area contributed by atoms with Crippen LogP contribution >= 0.6 is 35.0 Å². The fourth-order valence-corrected chi connectivity index (χ4v) is 3.18. The van der Waals surface area contributed by atoms with E-state index in [0.717, 1.165) is 5.56 Å². The molecule has 4 nitrogen and oxygen atoms in total. The lowest BCUT2D eigenvalue weighted by Crippen LogP contribution is -2.15. The molecule has 0 aliphatic rings. The largest absolute Gasteiger partial charge is 0.319 e. The van der Waals surface area contributed by atoms with Crippen LogP contribution in [0.2, 0.25) is 10.0 Å². The van der Waals surface area contributed by atoms with E-state index in [-0.39, 0.29) is 10.7 Å². The number of nitrogens with zero attached hydrogens (tertiary/aromatic N) is 2. The molecule has 0 atom stereocenters. The lowest BCUT2D eigenvalue weighted by atomic mass is 10.2. The lowest BCUT2D eigenvalue weighted by Gasteiger charge is -2.08. The van der Waals surface area contributed by atoms with Gasteiger partial charge in [-0.2, -0.15) is 0 Å². The van der Waals surface area contributed by atoms with Gasteiger partial charge in [-0.25, -0.2) is 9.97 Å². The summed E-state index contributed by atoms with van der Waals surface area (Å²) in [5, 5.41) is 3.83. The van der Waals surface area contributed by atoms with E-state index in [1.807, 2.05) is 30.3 Å². The zero-order valence-corrected chi connectivity index (χ0v) is 15.3. The van der Waals surface area contributed by atoms with Crippen LogP contribution in [0.3, 0.4) is 0 Å². The van der Waals surface area contributed by atoms with Crippen LogP contribution in [0.15, 0.2) is 66.0 Å². The third-order valence-corrected chi connectivity index (χ3v) is 4.81. The number of para-hydroxylation sites is 1. The summed E-state index contributed by atoms with van der Waals surface area (Å²) in [5.41, 5.74) is 1.77. The van der Waals surface area contributed by atoms with Crippen LogP contribution in [0.5, 0.6) is 0 Å². The summed E-state index contributed by atoms with van der Waals surface area (Å²) < 4.78 is 0. The number of benzene rings is 2. The van der Waals surface area contributed by atoms with Gasteiger partial charge in [-0.05, 0) is 17.7 Å². The van der Waals surface area contributed by atoms with Crippen molar-refractivity contribution in [3.8, 4) is 0 Å². The van der Waals surface area contributed by atoms with Gasteiger partial charge in [0.25, 0.3) is 5.91 Å². The first-order valence-electron chi connectivity index (χ1n) is 7.38. The van der Waals surface area contributed by atoms with Gasteiger partial charge in [0.15, 0.2) is 10.9 Å². The molecule has 1 amide bonds. The number of thioether (sulfide) groups is 1. The average Bonchev–Trinajstić information content (AvgIpc) is 2.63. The van der Waals surface area contributed by atoms with Crippen LogP contribution in [0.25, 0.3) is 0 Å². The molecule has 3 rings (SSSR count). The molecule has 1 heterocycles. The number of carbonyl (C=O) groups excluding carboxylic acids is 1. The second-order valence-electron chi connectivity index (χ2n) is 5.06. The second-order valence-corrected chi connectivity index (χ2v) is 6.81. The summed E-state index contributed by atoms with van der Waals surface area (Å²) in [7, 11) is 0. The quantitative estimate of drug-likeness (QED) is 0.473. The predicted molar refractivity (Wildman–Crippen MR) is 102 cm³/mol. The Hall–Kier alpha value is -2.08. The normalized spacial score (nSPS) is 10.5. The van der Waals surface area contributed by atoms with Gasteiger partial charge in [-0.15, -0.1) is 0 Å². The molecule has 0 saturated heterocycles. The van der Waals surface area contributed by atoms with E-state index < -0.39 is 5.91 Å². The van der Waals surface area contributed by atoms with Crippen molar-refractivity contribution in [2.75, 3.05) is 5.32 Å². The minimum atomic E-state index is -0.429. The molecular weight excluding hydrogens is 377 g/mol. The highest BCUT2D eigenvalue weighted by Gasteiger charge is 2.15. The minimum absolute atomic E-state index is 0.118. The molecule has 1 aromatic heterocycles. The van der Waals surface area contributed by atoms with Crippen LogP contribution < -0.4 is 5.32 Å². The summed E-state index contributed by atoms with van der Waals surface area (Å²) in [6.45, 7) is 0. The molecular formula is C18H13Cl2N3OS. The van der Waals surface area contributed by atoms with E-state index in [2.05, 4.69) is 15.3 Å². The number of hydrogen-bond donors (Lipinski definition) is 1. The minimum Gasteiger partial charge on any atom is -0.319 e. The molecule has 7 heteroatoms. The number of amides is 1. The Morgan fingerprint density at radius 2 is 1.72 bits per heavy atom. The predicted octanol–water partition coefficient (Wildman–Crippen LogP) is 5.33. The Morgan fingerprint density at radius 1 is 1.00 bits per heavy atom. The SMILES string of the molecule is O=C(Nc1ccccc1Cl)c1nc(SCc2ccccc2)ncc1Cl. The number of carbonyl (C=O) groups is 1. The van der Waals surface area contributed by atoms with Gasteiger partial charge in [0.2, 0.25) is 0 Å². The molecule has 0 fully saturated rings. The molecule has 0 spiro atoms. The lowest BCUT2D eigenvalue weighted by molar-refractivity contribution is 0.102.